The summed E-state index contributed by atoms with van der Waals surface area (Å²) >= 11 is 6.93. The van der Waals surface area contributed by atoms with E-state index >= 15 is 0 Å². The van der Waals surface area contributed by atoms with Gasteiger partial charge in [-0.2, -0.15) is 0 Å². The second kappa shape index (κ2) is 10.4. The van der Waals surface area contributed by atoms with E-state index in [1.807, 2.05) is 44.2 Å². The van der Waals surface area contributed by atoms with Crippen molar-refractivity contribution in [2.45, 2.75) is 20.5 Å². The van der Waals surface area contributed by atoms with Crippen LogP contribution in [-0.2, 0) is 21.1 Å². The summed E-state index contributed by atoms with van der Waals surface area (Å²) in [6.45, 7) is 4.00. The molecule has 0 aliphatic rings. The summed E-state index contributed by atoms with van der Waals surface area (Å²) in [7, 11) is 2.95. The molecule has 0 fully saturated rings. The number of rotatable bonds is 7. The van der Waals surface area contributed by atoms with E-state index < -0.39 is 0 Å². The summed E-state index contributed by atoms with van der Waals surface area (Å²) < 4.78 is 1.89. The average Bonchev–Trinajstić information content (AvgIpc) is 2.66. The van der Waals surface area contributed by atoms with Gasteiger partial charge in [-0.1, -0.05) is 60.4 Å². The van der Waals surface area contributed by atoms with E-state index in [0.29, 0.717) is 5.56 Å². The van der Waals surface area contributed by atoms with Gasteiger partial charge in [-0.05, 0) is 37.6 Å². The molecule has 0 saturated heterocycles. The van der Waals surface area contributed by atoms with Gasteiger partial charge in [-0.25, -0.2) is 0 Å². The molecule has 0 unspecified atom stereocenters. The maximum Gasteiger partial charge on any atom is 0.273 e. The van der Waals surface area contributed by atoms with Gasteiger partial charge < -0.3 is 15.0 Å². The van der Waals surface area contributed by atoms with Gasteiger partial charge in [0.05, 0.1) is 5.71 Å². The number of hydrogen-bond donors (Lipinski definition) is 1. The standard InChI is InChI=1S/C20H21Br2N3O3/c1-12-6-5-7-17(19(25-27-4)20(26)23-3)18(12)11-28-24-13(2)14-8-15(21)10-16(22)9-14/h5-10H,11H2,1-4H3,(H,23,26)/b24-13+,25-19+. The van der Waals surface area contributed by atoms with E-state index in [1.54, 1.807) is 13.1 Å². The van der Waals surface area contributed by atoms with E-state index in [0.717, 1.165) is 31.3 Å². The fraction of sp³-hybridized carbons (Fsp3) is 0.250. The molecule has 0 aromatic heterocycles. The van der Waals surface area contributed by atoms with Crippen LogP contribution in [0.1, 0.15) is 29.2 Å². The molecule has 1 amide bonds. The second-order valence-electron chi connectivity index (χ2n) is 5.91. The van der Waals surface area contributed by atoms with Gasteiger partial charge in [-0.15, -0.1) is 0 Å². The summed E-state index contributed by atoms with van der Waals surface area (Å²) in [6.07, 6.45) is 0. The van der Waals surface area contributed by atoms with E-state index in [2.05, 4.69) is 47.5 Å². The third-order valence-electron chi connectivity index (χ3n) is 3.98. The van der Waals surface area contributed by atoms with Crippen molar-refractivity contribution in [1.82, 2.24) is 5.32 Å². The minimum atomic E-state index is -0.340. The van der Waals surface area contributed by atoms with Crippen molar-refractivity contribution in [2.24, 2.45) is 10.3 Å². The Morgan fingerprint density at radius 2 is 1.82 bits per heavy atom. The fourth-order valence-corrected chi connectivity index (χ4v) is 3.84. The Bertz CT molecular complexity index is 907. The van der Waals surface area contributed by atoms with Crippen molar-refractivity contribution in [3.63, 3.8) is 0 Å². The minimum Gasteiger partial charge on any atom is -0.398 e. The van der Waals surface area contributed by atoms with Crippen LogP contribution in [0, 0.1) is 6.92 Å². The molecule has 0 radical (unpaired) electrons. The Morgan fingerprint density at radius 1 is 1.14 bits per heavy atom. The highest BCUT2D eigenvalue weighted by atomic mass is 79.9. The van der Waals surface area contributed by atoms with Crippen molar-refractivity contribution in [1.29, 1.82) is 0 Å². The lowest BCUT2D eigenvalue weighted by Crippen LogP contribution is -2.29. The molecule has 6 nitrogen and oxygen atoms in total. The first-order valence-electron chi connectivity index (χ1n) is 8.42. The Hall–Kier alpha value is -2.19. The van der Waals surface area contributed by atoms with Gasteiger partial charge in [0, 0.05) is 32.7 Å². The molecule has 148 valence electrons. The number of hydrogen-bond acceptors (Lipinski definition) is 5. The predicted molar refractivity (Wildman–Crippen MR) is 118 cm³/mol. The molecule has 0 aliphatic heterocycles. The number of nitrogens with zero attached hydrogens (tertiary/aromatic N) is 2. The Morgan fingerprint density at radius 3 is 2.43 bits per heavy atom. The molecule has 8 heteroatoms. The number of aryl methyl sites for hydroxylation is 1. The maximum absolute atomic E-state index is 12.2. The lowest BCUT2D eigenvalue weighted by molar-refractivity contribution is -0.114. The van der Waals surface area contributed by atoms with Crippen LogP contribution < -0.4 is 5.32 Å². The van der Waals surface area contributed by atoms with E-state index in [-0.39, 0.29) is 18.2 Å². The van der Waals surface area contributed by atoms with E-state index in [9.17, 15) is 4.79 Å². The van der Waals surface area contributed by atoms with Crippen LogP contribution in [0.25, 0.3) is 0 Å². The summed E-state index contributed by atoms with van der Waals surface area (Å²) in [6, 6.07) is 11.5. The van der Waals surface area contributed by atoms with Crippen LogP contribution in [0.4, 0.5) is 0 Å². The fourth-order valence-electron chi connectivity index (χ4n) is 2.55. The molecule has 0 atom stereocenters. The van der Waals surface area contributed by atoms with E-state index in [1.165, 1.54) is 7.11 Å². The third kappa shape index (κ3) is 5.65. The number of halogens is 2. The number of carbonyl (C=O) groups excluding carboxylic acids is 1. The molecule has 0 spiro atoms. The molecule has 1 N–H and O–H groups in total. The monoisotopic (exact) mass is 509 g/mol. The van der Waals surface area contributed by atoms with Crippen LogP contribution in [0.5, 0.6) is 0 Å². The van der Waals surface area contributed by atoms with Gasteiger partial charge in [0.25, 0.3) is 5.91 Å². The summed E-state index contributed by atoms with van der Waals surface area (Å²) in [5, 5.41) is 10.7. The molecule has 2 rings (SSSR count). The van der Waals surface area contributed by atoms with Gasteiger partial charge in [0.1, 0.15) is 13.7 Å². The second-order valence-corrected chi connectivity index (χ2v) is 7.74. The molecule has 0 heterocycles. The Kier molecular flexibility index (Phi) is 8.19. The first-order valence-corrected chi connectivity index (χ1v) is 10.0. The van der Waals surface area contributed by atoms with Gasteiger partial charge in [-0.3, -0.25) is 4.79 Å². The summed E-state index contributed by atoms with van der Waals surface area (Å²) in [5.41, 5.74) is 4.26. The summed E-state index contributed by atoms with van der Waals surface area (Å²) in [5.74, 6) is -0.340. The van der Waals surface area contributed by atoms with Crippen LogP contribution in [-0.4, -0.2) is 31.5 Å². The Balaban J connectivity index is 2.29. The van der Waals surface area contributed by atoms with Crippen molar-refractivity contribution < 1.29 is 14.5 Å². The third-order valence-corrected chi connectivity index (χ3v) is 4.90. The smallest absolute Gasteiger partial charge is 0.273 e. The van der Waals surface area contributed by atoms with Crippen molar-refractivity contribution in [2.75, 3.05) is 14.2 Å². The zero-order chi connectivity index (χ0) is 20.7. The largest absolute Gasteiger partial charge is 0.398 e. The summed E-state index contributed by atoms with van der Waals surface area (Å²) in [4.78, 5) is 22.7. The highest BCUT2D eigenvalue weighted by Gasteiger charge is 2.19. The molecular weight excluding hydrogens is 490 g/mol. The number of oxime groups is 2. The normalized spacial score (nSPS) is 11.9. The maximum atomic E-state index is 12.2. The minimum absolute atomic E-state index is 0.184. The Labute approximate surface area is 181 Å². The molecule has 28 heavy (non-hydrogen) atoms. The molecule has 2 aromatic rings. The number of amides is 1. The molecule has 0 bridgehead atoms. The topological polar surface area (TPSA) is 72.3 Å². The highest BCUT2D eigenvalue weighted by Crippen LogP contribution is 2.21. The first-order chi connectivity index (χ1) is 13.4. The molecule has 0 saturated carbocycles. The van der Waals surface area contributed by atoms with Gasteiger partial charge in [0.15, 0.2) is 5.71 Å². The van der Waals surface area contributed by atoms with Gasteiger partial charge in [0.2, 0.25) is 0 Å². The molecule has 0 aliphatic carbocycles. The van der Waals surface area contributed by atoms with Crippen LogP contribution in [0.15, 0.2) is 55.7 Å². The van der Waals surface area contributed by atoms with Crippen molar-refractivity contribution in [3.8, 4) is 0 Å². The van der Waals surface area contributed by atoms with Crippen LogP contribution >= 0.6 is 31.9 Å². The zero-order valence-electron chi connectivity index (χ0n) is 16.0. The lowest BCUT2D eigenvalue weighted by atomic mass is 9.98. The quantitative estimate of drug-likeness (QED) is 0.438. The number of benzene rings is 2. The van der Waals surface area contributed by atoms with Crippen LogP contribution in [0.3, 0.4) is 0 Å². The zero-order valence-corrected chi connectivity index (χ0v) is 19.2. The number of nitrogens with one attached hydrogen (secondary N) is 1. The molecule has 2 aromatic carbocycles. The van der Waals surface area contributed by atoms with Crippen molar-refractivity contribution >= 4 is 49.2 Å². The molecular formula is C20H21Br2N3O3. The van der Waals surface area contributed by atoms with Gasteiger partial charge >= 0.3 is 0 Å². The van der Waals surface area contributed by atoms with Crippen molar-refractivity contribution in [3.05, 3.63) is 67.6 Å². The number of carbonyl (C=O) groups is 1. The number of likely N-dealkylation sites (N-methyl/N-ethyl adjacent to an activating group) is 1. The predicted octanol–water partition coefficient (Wildman–Crippen LogP) is 4.56. The lowest BCUT2D eigenvalue weighted by Gasteiger charge is -2.13. The first kappa shape index (κ1) is 22.1. The van der Waals surface area contributed by atoms with Crippen LogP contribution in [0.2, 0.25) is 0 Å². The highest BCUT2D eigenvalue weighted by molar-refractivity contribution is 9.11. The average molecular weight is 511 g/mol. The van der Waals surface area contributed by atoms with E-state index in [4.69, 9.17) is 9.68 Å². The SMILES string of the molecule is CNC(=O)/C(=N/OC)c1cccc(C)c1CO/N=C(\C)c1cc(Br)cc(Br)c1.